The maximum absolute atomic E-state index is 11.8. The van der Waals surface area contributed by atoms with Crippen LogP contribution in [0.2, 0.25) is 0 Å². The van der Waals surface area contributed by atoms with Crippen molar-refractivity contribution in [2.24, 2.45) is 10.9 Å². The number of hydrogen-bond acceptors (Lipinski definition) is 4. The van der Waals surface area contributed by atoms with E-state index in [1.165, 1.54) is 5.56 Å². The molecule has 1 heterocycles. The summed E-state index contributed by atoms with van der Waals surface area (Å²) in [7, 11) is 0. The number of nitrogens with zero attached hydrogens (tertiary/aromatic N) is 3. The topological polar surface area (TPSA) is 92.6 Å². The fourth-order valence-corrected chi connectivity index (χ4v) is 3.23. The Morgan fingerprint density at radius 2 is 2.07 bits per heavy atom. The van der Waals surface area contributed by atoms with Crippen molar-refractivity contribution in [3.8, 4) is 5.69 Å². The molecule has 0 bridgehead atoms. The molecule has 0 radical (unpaired) electrons. The van der Waals surface area contributed by atoms with Crippen LogP contribution in [-0.4, -0.2) is 54.1 Å². The number of hydrogen-bond donors (Lipinski definition) is 3. The van der Waals surface area contributed by atoms with E-state index in [1.54, 1.807) is 6.20 Å². The number of aliphatic imine (C=N–C) groups is 1. The van der Waals surface area contributed by atoms with Crippen LogP contribution in [-0.2, 0) is 11.2 Å². The van der Waals surface area contributed by atoms with Crippen molar-refractivity contribution in [2.75, 3.05) is 26.2 Å². The van der Waals surface area contributed by atoms with Gasteiger partial charge in [-0.25, -0.2) is 9.48 Å². The van der Waals surface area contributed by atoms with Crippen LogP contribution < -0.4 is 16.0 Å². The SMILES string of the molecule is CCNC(=NCC(NC(=O)OCC)C1CC1)NCCc1ccc(-n2cccn2)cc1. The van der Waals surface area contributed by atoms with Gasteiger partial charge in [-0.3, -0.25) is 4.99 Å². The van der Waals surface area contributed by atoms with Crippen LogP contribution in [0.4, 0.5) is 4.79 Å². The van der Waals surface area contributed by atoms with E-state index < -0.39 is 0 Å². The van der Waals surface area contributed by atoms with Gasteiger partial charge in [0, 0.05) is 25.5 Å². The zero-order valence-electron chi connectivity index (χ0n) is 17.8. The predicted octanol–water partition coefficient (Wildman–Crippen LogP) is 2.49. The van der Waals surface area contributed by atoms with Gasteiger partial charge >= 0.3 is 6.09 Å². The molecule has 3 N–H and O–H groups in total. The number of guanidine groups is 1. The first-order valence-electron chi connectivity index (χ1n) is 10.7. The minimum atomic E-state index is -0.360. The molecule has 3 rings (SSSR count). The second-order valence-corrected chi connectivity index (χ2v) is 7.32. The Kier molecular flexibility index (Phi) is 8.11. The van der Waals surface area contributed by atoms with Crippen molar-refractivity contribution in [3.05, 3.63) is 48.3 Å². The fraction of sp³-hybridized carbons (Fsp3) is 0.500. The lowest BCUT2D eigenvalue weighted by Crippen LogP contribution is -2.42. The largest absolute Gasteiger partial charge is 0.450 e. The van der Waals surface area contributed by atoms with E-state index >= 15 is 0 Å². The average molecular weight is 413 g/mol. The van der Waals surface area contributed by atoms with Gasteiger partial charge in [0.25, 0.3) is 0 Å². The second kappa shape index (κ2) is 11.2. The number of benzene rings is 1. The number of carbonyl (C=O) groups is 1. The highest BCUT2D eigenvalue weighted by Gasteiger charge is 2.32. The summed E-state index contributed by atoms with van der Waals surface area (Å²) in [6, 6.07) is 10.3. The summed E-state index contributed by atoms with van der Waals surface area (Å²) in [6.07, 6.45) is 6.49. The summed E-state index contributed by atoms with van der Waals surface area (Å²) in [4.78, 5) is 16.4. The van der Waals surface area contributed by atoms with Gasteiger partial charge in [-0.1, -0.05) is 12.1 Å². The van der Waals surface area contributed by atoms with Gasteiger partial charge in [-0.2, -0.15) is 5.10 Å². The number of amides is 1. The summed E-state index contributed by atoms with van der Waals surface area (Å²) in [6.45, 7) is 6.32. The number of rotatable bonds is 10. The summed E-state index contributed by atoms with van der Waals surface area (Å²) in [5.74, 6) is 1.26. The third-order valence-electron chi connectivity index (χ3n) is 4.97. The highest BCUT2D eigenvalue weighted by Crippen LogP contribution is 2.32. The maximum Gasteiger partial charge on any atom is 0.407 e. The van der Waals surface area contributed by atoms with Gasteiger partial charge in [-0.15, -0.1) is 0 Å². The fourth-order valence-electron chi connectivity index (χ4n) is 3.23. The zero-order valence-corrected chi connectivity index (χ0v) is 17.8. The second-order valence-electron chi connectivity index (χ2n) is 7.32. The standard InChI is InChI=1S/C22H32N6O2/c1-3-23-21(25-16-20(18-8-9-18)27-22(29)30-4-2)24-14-12-17-6-10-19(11-7-17)28-15-5-13-26-28/h5-7,10-11,13,15,18,20H,3-4,8-9,12,14,16H2,1-2H3,(H,27,29)(H2,23,24,25). The minimum Gasteiger partial charge on any atom is -0.450 e. The van der Waals surface area contributed by atoms with Gasteiger partial charge in [0.2, 0.25) is 0 Å². The van der Waals surface area contributed by atoms with Crippen molar-refractivity contribution < 1.29 is 9.53 Å². The zero-order chi connectivity index (χ0) is 21.2. The molecular formula is C22H32N6O2. The van der Waals surface area contributed by atoms with Gasteiger partial charge in [0.05, 0.1) is 24.9 Å². The molecule has 0 spiro atoms. The number of aromatic nitrogens is 2. The molecule has 8 nitrogen and oxygen atoms in total. The molecule has 30 heavy (non-hydrogen) atoms. The van der Waals surface area contributed by atoms with Gasteiger partial charge < -0.3 is 20.7 Å². The van der Waals surface area contributed by atoms with Gasteiger partial charge in [-0.05, 0) is 62.8 Å². The molecule has 1 unspecified atom stereocenters. The smallest absolute Gasteiger partial charge is 0.407 e. The van der Waals surface area contributed by atoms with Gasteiger partial charge in [0.1, 0.15) is 0 Å². The molecule has 1 aliphatic rings. The lowest BCUT2D eigenvalue weighted by Gasteiger charge is -2.17. The number of carbonyl (C=O) groups excluding carboxylic acids is 1. The molecule has 1 aromatic carbocycles. The van der Waals surface area contributed by atoms with E-state index in [4.69, 9.17) is 4.74 Å². The Hall–Kier alpha value is -3.03. The molecule has 1 aromatic heterocycles. The van der Waals surface area contributed by atoms with E-state index in [-0.39, 0.29) is 12.1 Å². The van der Waals surface area contributed by atoms with Crippen LogP contribution in [0.25, 0.3) is 5.69 Å². The van der Waals surface area contributed by atoms with E-state index in [0.717, 1.165) is 44.0 Å². The molecule has 0 saturated heterocycles. The molecule has 2 aromatic rings. The molecule has 1 aliphatic carbocycles. The minimum absolute atomic E-state index is 0.0225. The first-order valence-corrected chi connectivity index (χ1v) is 10.7. The van der Waals surface area contributed by atoms with E-state index in [1.807, 2.05) is 30.8 Å². The molecule has 0 aliphatic heterocycles. The van der Waals surface area contributed by atoms with Crippen molar-refractivity contribution in [1.82, 2.24) is 25.7 Å². The van der Waals surface area contributed by atoms with Crippen LogP contribution in [0.1, 0.15) is 32.3 Å². The Bertz CT molecular complexity index is 800. The Balaban J connectivity index is 1.49. The molecular weight excluding hydrogens is 380 g/mol. The van der Waals surface area contributed by atoms with Crippen molar-refractivity contribution >= 4 is 12.1 Å². The number of alkyl carbamates (subject to hydrolysis) is 1. The predicted molar refractivity (Wildman–Crippen MR) is 118 cm³/mol. The third-order valence-corrected chi connectivity index (χ3v) is 4.97. The van der Waals surface area contributed by atoms with Crippen molar-refractivity contribution in [1.29, 1.82) is 0 Å². The normalized spacial score (nSPS) is 14.8. The highest BCUT2D eigenvalue weighted by molar-refractivity contribution is 5.79. The molecule has 8 heteroatoms. The third kappa shape index (κ3) is 6.79. The lowest BCUT2D eigenvalue weighted by molar-refractivity contribution is 0.147. The van der Waals surface area contributed by atoms with Crippen molar-refractivity contribution in [3.63, 3.8) is 0 Å². The van der Waals surface area contributed by atoms with Crippen LogP contribution in [0.15, 0.2) is 47.7 Å². The summed E-state index contributed by atoms with van der Waals surface area (Å²) < 4.78 is 6.86. The van der Waals surface area contributed by atoms with Crippen LogP contribution in [0.3, 0.4) is 0 Å². The van der Waals surface area contributed by atoms with Crippen LogP contribution in [0, 0.1) is 5.92 Å². The quantitative estimate of drug-likeness (QED) is 0.412. The molecule has 1 fully saturated rings. The van der Waals surface area contributed by atoms with Gasteiger partial charge in [0.15, 0.2) is 5.96 Å². The molecule has 1 amide bonds. The first kappa shape index (κ1) is 21.7. The van der Waals surface area contributed by atoms with E-state index in [0.29, 0.717) is 19.1 Å². The van der Waals surface area contributed by atoms with E-state index in [2.05, 4.69) is 50.3 Å². The molecule has 162 valence electrons. The Labute approximate surface area is 178 Å². The Morgan fingerprint density at radius 3 is 2.70 bits per heavy atom. The summed E-state index contributed by atoms with van der Waals surface area (Å²) in [5, 5.41) is 13.8. The van der Waals surface area contributed by atoms with Crippen LogP contribution >= 0.6 is 0 Å². The highest BCUT2D eigenvalue weighted by atomic mass is 16.5. The molecule has 1 atom stereocenters. The lowest BCUT2D eigenvalue weighted by atomic mass is 10.1. The summed E-state index contributed by atoms with van der Waals surface area (Å²) >= 11 is 0. The monoisotopic (exact) mass is 412 g/mol. The number of nitrogens with one attached hydrogen (secondary N) is 3. The Morgan fingerprint density at radius 1 is 1.27 bits per heavy atom. The van der Waals surface area contributed by atoms with Crippen molar-refractivity contribution in [2.45, 2.75) is 39.2 Å². The maximum atomic E-state index is 11.8. The average Bonchev–Trinajstić information content (AvgIpc) is 3.45. The number of ether oxygens (including phenoxy) is 1. The molecule has 1 saturated carbocycles. The first-order chi connectivity index (χ1) is 14.7. The van der Waals surface area contributed by atoms with E-state index in [9.17, 15) is 4.79 Å². The summed E-state index contributed by atoms with van der Waals surface area (Å²) in [5.41, 5.74) is 2.29. The van der Waals surface area contributed by atoms with Crippen LogP contribution in [0.5, 0.6) is 0 Å².